The number of hydrogen-bond acceptors (Lipinski definition) is 3. The second-order valence-corrected chi connectivity index (χ2v) is 6.28. The summed E-state index contributed by atoms with van der Waals surface area (Å²) in [4.78, 5) is 25.9. The Balaban J connectivity index is 2.05. The van der Waals surface area contributed by atoms with Crippen LogP contribution in [0.5, 0.6) is 0 Å². The molecule has 4 nitrogen and oxygen atoms in total. The van der Waals surface area contributed by atoms with Crippen molar-refractivity contribution in [2.24, 2.45) is 11.8 Å². The lowest BCUT2D eigenvalue weighted by Crippen LogP contribution is -2.43. The summed E-state index contributed by atoms with van der Waals surface area (Å²) >= 11 is 0. The third-order valence-corrected chi connectivity index (χ3v) is 4.39. The van der Waals surface area contributed by atoms with Crippen LogP contribution in [0.25, 0.3) is 0 Å². The lowest BCUT2D eigenvalue weighted by Gasteiger charge is -2.24. The molecule has 0 spiro atoms. The van der Waals surface area contributed by atoms with E-state index < -0.39 is 6.09 Å². The number of carbonyl (C=O) groups excluding carboxylic acids is 2. The molecule has 0 aliphatic carbocycles. The van der Waals surface area contributed by atoms with Gasteiger partial charge in [0.2, 0.25) is 5.91 Å². The molecule has 1 heterocycles. The summed E-state index contributed by atoms with van der Waals surface area (Å²) in [6.07, 6.45) is 1.99. The van der Waals surface area contributed by atoms with E-state index in [9.17, 15) is 9.59 Å². The van der Waals surface area contributed by atoms with E-state index in [0.29, 0.717) is 12.3 Å². The number of nitrogens with zero attached hydrogens (tertiary/aromatic N) is 1. The molecule has 1 aliphatic heterocycles. The Morgan fingerprint density at radius 1 is 1.32 bits per heavy atom. The first kappa shape index (κ1) is 16.5. The van der Waals surface area contributed by atoms with Gasteiger partial charge in [-0.2, -0.15) is 0 Å². The lowest BCUT2D eigenvalue weighted by atomic mass is 9.94. The van der Waals surface area contributed by atoms with Crippen molar-refractivity contribution < 1.29 is 14.3 Å². The fraction of sp³-hybridized carbons (Fsp3) is 0.556. The predicted octanol–water partition coefficient (Wildman–Crippen LogP) is 3.65. The molecule has 0 aromatic heterocycles. The normalized spacial score (nSPS) is 20.6. The molecule has 2 amide bonds. The van der Waals surface area contributed by atoms with Gasteiger partial charge in [0.15, 0.2) is 0 Å². The zero-order valence-electron chi connectivity index (χ0n) is 13.6. The van der Waals surface area contributed by atoms with Gasteiger partial charge in [-0.05, 0) is 24.3 Å². The minimum atomic E-state index is -0.498. The van der Waals surface area contributed by atoms with Gasteiger partial charge in [-0.15, -0.1) is 0 Å². The Hall–Kier alpha value is -1.84. The van der Waals surface area contributed by atoms with Crippen LogP contribution < -0.4 is 0 Å². The first-order valence-electron chi connectivity index (χ1n) is 8.06. The molecule has 2 rings (SSSR count). The van der Waals surface area contributed by atoms with Gasteiger partial charge in [0.25, 0.3) is 0 Å². The predicted molar refractivity (Wildman–Crippen MR) is 85.4 cm³/mol. The minimum Gasteiger partial charge on any atom is -0.447 e. The Bertz CT molecular complexity index is 514. The molecule has 120 valence electrons. The second-order valence-electron chi connectivity index (χ2n) is 6.28. The van der Waals surface area contributed by atoms with Gasteiger partial charge >= 0.3 is 6.09 Å². The molecule has 3 atom stereocenters. The van der Waals surface area contributed by atoms with Crippen LogP contribution in [0.2, 0.25) is 0 Å². The Labute approximate surface area is 132 Å². The smallest absolute Gasteiger partial charge is 0.416 e. The topological polar surface area (TPSA) is 46.6 Å². The number of amides is 2. The highest BCUT2D eigenvalue weighted by Gasteiger charge is 2.39. The van der Waals surface area contributed by atoms with E-state index >= 15 is 0 Å². The van der Waals surface area contributed by atoms with Crippen LogP contribution in [0.3, 0.4) is 0 Å². The third-order valence-electron chi connectivity index (χ3n) is 4.39. The van der Waals surface area contributed by atoms with Crippen molar-refractivity contribution in [3.63, 3.8) is 0 Å². The summed E-state index contributed by atoms with van der Waals surface area (Å²) in [5.74, 6) is 0.216. The van der Waals surface area contributed by atoms with Crippen LogP contribution in [0.4, 0.5) is 4.79 Å². The van der Waals surface area contributed by atoms with Gasteiger partial charge in [-0.3, -0.25) is 4.79 Å². The molecular formula is C18H25NO3. The number of imide groups is 1. The van der Waals surface area contributed by atoms with E-state index in [2.05, 4.69) is 13.8 Å². The SMILES string of the molecule is CC[C@@H](C)C[C@H](C)C(=O)N1C(=O)OC[C@H]1Cc1ccccc1. The van der Waals surface area contributed by atoms with Crippen molar-refractivity contribution in [2.45, 2.75) is 46.1 Å². The molecule has 0 unspecified atom stereocenters. The first-order chi connectivity index (χ1) is 10.5. The standard InChI is InChI=1S/C18H25NO3/c1-4-13(2)10-14(3)17(20)19-16(12-22-18(19)21)11-15-8-6-5-7-9-15/h5-9,13-14,16H,4,10-12H2,1-3H3/t13-,14+,16-/m1/s1. The number of rotatable bonds is 6. The summed E-state index contributed by atoms with van der Waals surface area (Å²) in [5.41, 5.74) is 1.11. The van der Waals surface area contributed by atoms with Crippen molar-refractivity contribution in [1.82, 2.24) is 4.90 Å². The first-order valence-corrected chi connectivity index (χ1v) is 8.06. The fourth-order valence-corrected chi connectivity index (χ4v) is 2.88. The largest absolute Gasteiger partial charge is 0.447 e. The van der Waals surface area contributed by atoms with Crippen molar-refractivity contribution in [3.05, 3.63) is 35.9 Å². The molecule has 1 aromatic carbocycles. The zero-order chi connectivity index (χ0) is 16.1. The molecule has 0 saturated carbocycles. The molecule has 1 fully saturated rings. The fourth-order valence-electron chi connectivity index (χ4n) is 2.88. The van der Waals surface area contributed by atoms with E-state index in [4.69, 9.17) is 4.74 Å². The highest BCUT2D eigenvalue weighted by molar-refractivity contribution is 5.94. The zero-order valence-corrected chi connectivity index (χ0v) is 13.6. The Morgan fingerprint density at radius 3 is 2.64 bits per heavy atom. The molecule has 0 radical (unpaired) electrons. The van der Waals surface area contributed by atoms with E-state index in [1.54, 1.807) is 0 Å². The van der Waals surface area contributed by atoms with Gasteiger partial charge in [-0.25, -0.2) is 9.69 Å². The maximum atomic E-state index is 12.6. The molecule has 4 heteroatoms. The van der Waals surface area contributed by atoms with Crippen LogP contribution in [0.15, 0.2) is 30.3 Å². The average Bonchev–Trinajstić information content (AvgIpc) is 2.88. The Morgan fingerprint density at radius 2 is 2.00 bits per heavy atom. The van der Waals surface area contributed by atoms with Crippen LogP contribution >= 0.6 is 0 Å². The maximum absolute atomic E-state index is 12.6. The van der Waals surface area contributed by atoms with Gasteiger partial charge in [-0.1, -0.05) is 57.5 Å². The van der Waals surface area contributed by atoms with Crippen LogP contribution in [-0.2, 0) is 16.0 Å². The molecule has 0 N–H and O–H groups in total. The summed E-state index contributed by atoms with van der Waals surface area (Å²) in [5, 5.41) is 0. The van der Waals surface area contributed by atoms with Crippen molar-refractivity contribution in [2.75, 3.05) is 6.61 Å². The van der Waals surface area contributed by atoms with Crippen LogP contribution in [0, 0.1) is 11.8 Å². The van der Waals surface area contributed by atoms with Crippen molar-refractivity contribution >= 4 is 12.0 Å². The van der Waals surface area contributed by atoms with E-state index in [1.807, 2.05) is 37.3 Å². The van der Waals surface area contributed by atoms with Gasteiger partial charge < -0.3 is 4.74 Å². The second kappa shape index (κ2) is 7.43. The molecule has 22 heavy (non-hydrogen) atoms. The quantitative estimate of drug-likeness (QED) is 0.806. The van der Waals surface area contributed by atoms with Crippen molar-refractivity contribution in [1.29, 1.82) is 0 Å². The van der Waals surface area contributed by atoms with Crippen LogP contribution in [0.1, 0.15) is 39.2 Å². The number of ether oxygens (including phenoxy) is 1. The van der Waals surface area contributed by atoms with E-state index in [-0.39, 0.29) is 24.5 Å². The lowest BCUT2D eigenvalue weighted by molar-refractivity contribution is -0.133. The van der Waals surface area contributed by atoms with E-state index in [1.165, 1.54) is 4.90 Å². The van der Waals surface area contributed by atoms with E-state index in [0.717, 1.165) is 18.4 Å². The highest BCUT2D eigenvalue weighted by Crippen LogP contribution is 2.23. The maximum Gasteiger partial charge on any atom is 0.416 e. The summed E-state index contributed by atoms with van der Waals surface area (Å²) in [6.45, 7) is 6.44. The third kappa shape index (κ3) is 3.87. The molecule has 1 saturated heterocycles. The van der Waals surface area contributed by atoms with Gasteiger partial charge in [0.05, 0.1) is 6.04 Å². The van der Waals surface area contributed by atoms with Gasteiger partial charge in [0.1, 0.15) is 6.61 Å². The van der Waals surface area contributed by atoms with Gasteiger partial charge in [0, 0.05) is 5.92 Å². The number of carbonyl (C=O) groups is 2. The van der Waals surface area contributed by atoms with Crippen molar-refractivity contribution in [3.8, 4) is 0 Å². The highest BCUT2D eigenvalue weighted by atomic mass is 16.6. The number of benzene rings is 1. The molecule has 1 aromatic rings. The summed E-state index contributed by atoms with van der Waals surface area (Å²) in [6, 6.07) is 9.70. The number of cyclic esters (lactones) is 1. The Kier molecular flexibility index (Phi) is 5.58. The summed E-state index contributed by atoms with van der Waals surface area (Å²) in [7, 11) is 0. The average molecular weight is 303 g/mol. The molecular weight excluding hydrogens is 278 g/mol. The molecule has 0 bridgehead atoms. The number of hydrogen-bond donors (Lipinski definition) is 0. The van der Waals surface area contributed by atoms with Crippen LogP contribution in [-0.4, -0.2) is 29.5 Å². The molecule has 1 aliphatic rings. The summed E-state index contributed by atoms with van der Waals surface area (Å²) < 4.78 is 5.12. The monoisotopic (exact) mass is 303 g/mol. The minimum absolute atomic E-state index is 0.108.